The Kier molecular flexibility index (Phi) is 2.86. The van der Waals surface area contributed by atoms with Gasteiger partial charge in [-0.3, -0.25) is 4.68 Å². The van der Waals surface area contributed by atoms with Gasteiger partial charge >= 0.3 is 0 Å². The lowest BCUT2D eigenvalue weighted by Gasteiger charge is -2.17. The quantitative estimate of drug-likeness (QED) is 0.796. The minimum atomic E-state index is 0.113. The molecule has 0 unspecified atom stereocenters. The summed E-state index contributed by atoms with van der Waals surface area (Å²) in [4.78, 5) is 6.99. The zero-order chi connectivity index (χ0) is 14.2. The maximum Gasteiger partial charge on any atom is 0.129 e. The predicted molar refractivity (Wildman–Crippen MR) is 80.9 cm³/mol. The molecule has 5 nitrogen and oxygen atoms in total. The maximum atomic E-state index is 9.08. The third kappa shape index (κ3) is 2.06. The fourth-order valence-electron chi connectivity index (χ4n) is 2.89. The first kappa shape index (κ1) is 12.3. The van der Waals surface area contributed by atoms with E-state index in [9.17, 15) is 0 Å². The molecule has 1 aliphatic heterocycles. The first-order valence-electron chi connectivity index (χ1n) is 7.10. The Morgan fingerprint density at radius 1 is 1.10 bits per heavy atom. The van der Waals surface area contributed by atoms with Crippen molar-refractivity contribution in [3.05, 3.63) is 53.9 Å². The van der Waals surface area contributed by atoms with Crippen LogP contribution in [-0.2, 0) is 19.6 Å². The highest BCUT2D eigenvalue weighted by atomic mass is 16.3. The average Bonchev–Trinajstić information content (AvgIpc) is 3.09. The molecule has 106 valence electrons. The lowest BCUT2D eigenvalue weighted by atomic mass is 10.2. The van der Waals surface area contributed by atoms with E-state index in [1.165, 1.54) is 11.3 Å². The molecule has 0 spiro atoms. The Hall–Kier alpha value is -2.40. The van der Waals surface area contributed by atoms with Gasteiger partial charge in [-0.25, -0.2) is 4.98 Å². The third-order valence-corrected chi connectivity index (χ3v) is 3.96. The summed E-state index contributed by atoms with van der Waals surface area (Å²) in [6, 6.07) is 12.3. The van der Waals surface area contributed by atoms with Crippen LogP contribution in [0, 0.1) is 0 Å². The number of rotatable bonds is 3. The average molecular weight is 280 g/mol. The smallest absolute Gasteiger partial charge is 0.129 e. The standard InChI is InChI=1S/C16H16N4O/c21-8-7-20-15-11-19(10-13(15)9-17-20)16-6-5-12-3-1-2-4-14(12)18-16/h1-6,9,21H,7-8,10-11H2. The second kappa shape index (κ2) is 4.86. The van der Waals surface area contributed by atoms with Crippen molar-refractivity contribution < 1.29 is 5.11 Å². The highest BCUT2D eigenvalue weighted by Crippen LogP contribution is 2.28. The zero-order valence-electron chi connectivity index (χ0n) is 11.6. The van der Waals surface area contributed by atoms with E-state index in [0.29, 0.717) is 6.54 Å². The molecule has 0 fully saturated rings. The van der Waals surface area contributed by atoms with Gasteiger partial charge in [-0.1, -0.05) is 18.2 Å². The summed E-state index contributed by atoms with van der Waals surface area (Å²) in [6.45, 7) is 2.28. The summed E-state index contributed by atoms with van der Waals surface area (Å²) in [5.74, 6) is 0.987. The highest BCUT2D eigenvalue weighted by Gasteiger charge is 2.24. The Balaban J connectivity index is 1.65. The van der Waals surface area contributed by atoms with Crippen LogP contribution in [0.4, 0.5) is 5.82 Å². The molecular weight excluding hydrogens is 264 g/mol. The van der Waals surface area contributed by atoms with Crippen molar-refractivity contribution in [2.75, 3.05) is 11.5 Å². The van der Waals surface area contributed by atoms with Crippen molar-refractivity contribution in [2.45, 2.75) is 19.6 Å². The van der Waals surface area contributed by atoms with Gasteiger partial charge in [-0.15, -0.1) is 0 Å². The minimum absolute atomic E-state index is 0.113. The lowest BCUT2D eigenvalue weighted by Crippen LogP contribution is -2.18. The maximum absolute atomic E-state index is 9.08. The van der Waals surface area contributed by atoms with Crippen molar-refractivity contribution in [3.63, 3.8) is 0 Å². The van der Waals surface area contributed by atoms with Crippen LogP contribution in [0.25, 0.3) is 10.9 Å². The van der Waals surface area contributed by atoms with Crippen LogP contribution in [0.1, 0.15) is 11.3 Å². The number of para-hydroxylation sites is 1. The van der Waals surface area contributed by atoms with Crippen molar-refractivity contribution in [1.82, 2.24) is 14.8 Å². The van der Waals surface area contributed by atoms with E-state index in [4.69, 9.17) is 10.1 Å². The van der Waals surface area contributed by atoms with Crippen LogP contribution < -0.4 is 4.90 Å². The summed E-state index contributed by atoms with van der Waals surface area (Å²) in [6.07, 6.45) is 1.89. The summed E-state index contributed by atoms with van der Waals surface area (Å²) < 4.78 is 1.89. The summed E-state index contributed by atoms with van der Waals surface area (Å²) >= 11 is 0. The first-order valence-corrected chi connectivity index (χ1v) is 7.10. The van der Waals surface area contributed by atoms with E-state index < -0.39 is 0 Å². The SMILES string of the molecule is OCCn1ncc2c1CN(c1ccc3ccccc3n1)C2. The van der Waals surface area contributed by atoms with Gasteiger partial charge in [0.15, 0.2) is 0 Å². The molecule has 5 heteroatoms. The van der Waals surface area contributed by atoms with Crippen LogP contribution in [0.2, 0.25) is 0 Å². The van der Waals surface area contributed by atoms with E-state index >= 15 is 0 Å². The second-order valence-electron chi connectivity index (χ2n) is 5.28. The number of hydrogen-bond acceptors (Lipinski definition) is 4. The summed E-state index contributed by atoms with van der Waals surface area (Å²) in [5, 5.41) is 14.6. The molecule has 0 bridgehead atoms. The Bertz CT molecular complexity index is 796. The molecule has 3 heterocycles. The van der Waals surface area contributed by atoms with Gasteiger partial charge in [0, 0.05) is 17.5 Å². The van der Waals surface area contributed by atoms with Crippen molar-refractivity contribution in [3.8, 4) is 0 Å². The fraction of sp³-hybridized carbons (Fsp3) is 0.250. The van der Waals surface area contributed by atoms with Crippen LogP contribution in [0.5, 0.6) is 0 Å². The minimum Gasteiger partial charge on any atom is -0.394 e. The van der Waals surface area contributed by atoms with Gasteiger partial charge in [0.1, 0.15) is 5.82 Å². The molecule has 0 radical (unpaired) electrons. The van der Waals surface area contributed by atoms with E-state index in [1.54, 1.807) is 0 Å². The van der Waals surface area contributed by atoms with Gasteiger partial charge in [-0.05, 0) is 18.2 Å². The molecule has 0 saturated carbocycles. The zero-order valence-corrected chi connectivity index (χ0v) is 11.6. The molecule has 2 aromatic heterocycles. The summed E-state index contributed by atoms with van der Waals surface area (Å²) in [5.41, 5.74) is 3.42. The van der Waals surface area contributed by atoms with E-state index in [-0.39, 0.29) is 6.61 Å². The van der Waals surface area contributed by atoms with Crippen LogP contribution in [-0.4, -0.2) is 26.5 Å². The van der Waals surface area contributed by atoms with E-state index in [1.807, 2.05) is 29.1 Å². The second-order valence-corrected chi connectivity index (χ2v) is 5.28. The Labute approximate surface area is 122 Å². The topological polar surface area (TPSA) is 54.2 Å². The predicted octanol–water partition coefficient (Wildman–Crippen LogP) is 1.94. The lowest BCUT2D eigenvalue weighted by molar-refractivity contribution is 0.267. The van der Waals surface area contributed by atoms with Crippen LogP contribution >= 0.6 is 0 Å². The first-order chi connectivity index (χ1) is 10.3. The number of benzene rings is 1. The largest absolute Gasteiger partial charge is 0.394 e. The van der Waals surface area contributed by atoms with Gasteiger partial charge in [0.05, 0.1) is 37.1 Å². The highest BCUT2D eigenvalue weighted by molar-refractivity contribution is 5.80. The molecule has 1 N–H and O–H groups in total. The molecule has 0 aliphatic carbocycles. The molecule has 21 heavy (non-hydrogen) atoms. The molecular formula is C16H16N4O. The van der Waals surface area contributed by atoms with E-state index in [2.05, 4.69) is 28.2 Å². The van der Waals surface area contributed by atoms with Gasteiger partial charge < -0.3 is 10.0 Å². The van der Waals surface area contributed by atoms with Crippen molar-refractivity contribution in [1.29, 1.82) is 0 Å². The normalized spacial score (nSPS) is 13.9. The van der Waals surface area contributed by atoms with Gasteiger partial charge in [0.2, 0.25) is 0 Å². The molecule has 0 atom stereocenters. The Morgan fingerprint density at radius 2 is 2.00 bits per heavy atom. The van der Waals surface area contributed by atoms with Crippen LogP contribution in [0.3, 0.4) is 0 Å². The summed E-state index contributed by atoms with van der Waals surface area (Å²) in [7, 11) is 0. The molecule has 0 amide bonds. The number of anilines is 1. The number of nitrogens with zero attached hydrogens (tertiary/aromatic N) is 4. The third-order valence-electron chi connectivity index (χ3n) is 3.96. The number of aliphatic hydroxyl groups excluding tert-OH is 1. The number of aliphatic hydroxyl groups is 1. The number of aromatic nitrogens is 3. The van der Waals surface area contributed by atoms with Gasteiger partial charge in [-0.2, -0.15) is 5.10 Å². The van der Waals surface area contributed by atoms with Crippen LogP contribution in [0.15, 0.2) is 42.6 Å². The number of hydrogen-bond donors (Lipinski definition) is 1. The molecule has 0 saturated heterocycles. The van der Waals surface area contributed by atoms with Gasteiger partial charge in [0.25, 0.3) is 0 Å². The van der Waals surface area contributed by atoms with Crippen molar-refractivity contribution in [2.24, 2.45) is 0 Å². The Morgan fingerprint density at radius 3 is 2.90 bits per heavy atom. The van der Waals surface area contributed by atoms with Crippen molar-refractivity contribution >= 4 is 16.7 Å². The molecule has 1 aliphatic rings. The number of pyridine rings is 1. The molecule has 4 rings (SSSR count). The fourth-order valence-corrected chi connectivity index (χ4v) is 2.89. The monoisotopic (exact) mass is 280 g/mol. The van der Waals surface area contributed by atoms with E-state index in [0.717, 1.165) is 29.8 Å². The molecule has 1 aromatic carbocycles. The molecule has 3 aromatic rings. The number of fused-ring (bicyclic) bond motifs is 2.